The summed E-state index contributed by atoms with van der Waals surface area (Å²) in [6.07, 6.45) is 17.0. The molecule has 0 saturated heterocycles. The van der Waals surface area contributed by atoms with Crippen molar-refractivity contribution in [2.75, 3.05) is 0 Å². The molecule has 0 aromatic carbocycles. The first-order valence-corrected chi connectivity index (χ1v) is 4.44. The molecule has 0 atom stereocenters. The van der Waals surface area contributed by atoms with Gasteiger partial charge < -0.3 is 0 Å². The zero-order valence-corrected chi connectivity index (χ0v) is 7.86. The summed E-state index contributed by atoms with van der Waals surface area (Å²) in [7, 11) is 0. The van der Waals surface area contributed by atoms with Gasteiger partial charge in [-0.15, -0.1) is 6.58 Å². The average molecular weight is 176 g/mol. The molecule has 0 amide bonds. The number of carbonyl (C=O) groups is 1. The molecule has 0 fully saturated rings. The lowest BCUT2D eigenvalue weighted by molar-refractivity contribution is -0.104. The Balaban J connectivity index is 3.33. The largest absolute Gasteiger partial charge is 0.299 e. The second kappa shape index (κ2) is 10.6. The van der Waals surface area contributed by atoms with Crippen molar-refractivity contribution >= 4 is 6.29 Å². The van der Waals surface area contributed by atoms with Crippen LogP contribution >= 0.6 is 0 Å². The molecule has 0 heterocycles. The number of hydrogen-bond acceptors (Lipinski definition) is 1. The van der Waals surface area contributed by atoms with E-state index in [2.05, 4.69) is 18.7 Å². The van der Waals surface area contributed by atoms with Crippen molar-refractivity contribution in [3.8, 4) is 0 Å². The van der Waals surface area contributed by atoms with E-state index in [9.17, 15) is 4.79 Å². The van der Waals surface area contributed by atoms with Gasteiger partial charge in [0, 0.05) is 0 Å². The highest BCUT2D eigenvalue weighted by Gasteiger charge is 1.74. The van der Waals surface area contributed by atoms with E-state index in [1.165, 1.54) is 6.08 Å². The average Bonchev–Trinajstić information content (AvgIpc) is 2.16. The van der Waals surface area contributed by atoms with Crippen molar-refractivity contribution in [1.82, 2.24) is 0 Å². The van der Waals surface area contributed by atoms with Gasteiger partial charge in [0.25, 0.3) is 0 Å². The first-order chi connectivity index (χ1) is 6.41. The Morgan fingerprint density at radius 1 is 0.923 bits per heavy atom. The van der Waals surface area contributed by atoms with Crippen LogP contribution in [0.2, 0.25) is 0 Å². The van der Waals surface area contributed by atoms with E-state index < -0.39 is 0 Å². The van der Waals surface area contributed by atoms with E-state index in [-0.39, 0.29) is 0 Å². The molecule has 0 aliphatic carbocycles. The maximum Gasteiger partial charge on any atom is 0.142 e. The number of hydrogen-bond donors (Lipinski definition) is 0. The molecule has 13 heavy (non-hydrogen) atoms. The van der Waals surface area contributed by atoms with Crippen LogP contribution in [0.1, 0.15) is 19.3 Å². The van der Waals surface area contributed by atoms with Crippen molar-refractivity contribution in [3.05, 3.63) is 49.1 Å². The predicted octanol–water partition coefficient (Wildman–Crippen LogP) is 3.21. The van der Waals surface area contributed by atoms with Crippen LogP contribution in [0.4, 0.5) is 0 Å². The van der Waals surface area contributed by atoms with Gasteiger partial charge in [0.2, 0.25) is 0 Å². The molecule has 0 N–H and O–H groups in total. The summed E-state index contributed by atoms with van der Waals surface area (Å²) in [5, 5.41) is 0. The summed E-state index contributed by atoms with van der Waals surface area (Å²) in [4.78, 5) is 9.87. The first kappa shape index (κ1) is 11.6. The maximum atomic E-state index is 9.87. The molecule has 0 spiro atoms. The Hall–Kier alpha value is -1.37. The summed E-state index contributed by atoms with van der Waals surface area (Å²) >= 11 is 0. The molecule has 0 radical (unpaired) electrons. The molecule has 0 aromatic heterocycles. The molecule has 0 unspecified atom stereocenters. The van der Waals surface area contributed by atoms with E-state index in [0.717, 1.165) is 25.5 Å². The van der Waals surface area contributed by atoms with Crippen molar-refractivity contribution in [2.45, 2.75) is 19.3 Å². The fourth-order valence-corrected chi connectivity index (χ4v) is 0.787. The van der Waals surface area contributed by atoms with Gasteiger partial charge in [0.05, 0.1) is 0 Å². The van der Waals surface area contributed by atoms with Crippen LogP contribution in [-0.4, -0.2) is 6.29 Å². The van der Waals surface area contributed by atoms with Crippen LogP contribution in [0.15, 0.2) is 49.1 Å². The second-order valence-corrected chi connectivity index (χ2v) is 2.52. The third-order valence-corrected chi connectivity index (χ3v) is 1.41. The minimum absolute atomic E-state index is 0.772. The topological polar surface area (TPSA) is 17.1 Å². The van der Waals surface area contributed by atoms with Gasteiger partial charge in [-0.1, -0.05) is 36.5 Å². The quantitative estimate of drug-likeness (QED) is 0.191. The molecule has 0 aliphatic rings. The lowest BCUT2D eigenvalue weighted by atomic mass is 10.2. The highest BCUT2D eigenvalue weighted by atomic mass is 16.1. The second-order valence-electron chi connectivity index (χ2n) is 2.52. The Morgan fingerprint density at radius 2 is 1.69 bits per heavy atom. The predicted molar refractivity (Wildman–Crippen MR) is 57.5 cm³/mol. The van der Waals surface area contributed by atoms with Gasteiger partial charge in [-0.3, -0.25) is 4.79 Å². The summed E-state index contributed by atoms with van der Waals surface area (Å²) in [5.74, 6) is 0. The lowest BCUT2D eigenvalue weighted by Crippen LogP contribution is -1.64. The summed E-state index contributed by atoms with van der Waals surface area (Å²) in [6, 6.07) is 0. The highest BCUT2D eigenvalue weighted by Crippen LogP contribution is 1.94. The maximum absolute atomic E-state index is 9.87. The minimum Gasteiger partial charge on any atom is -0.299 e. The molecule has 0 aliphatic heterocycles. The van der Waals surface area contributed by atoms with Crippen LogP contribution in [-0.2, 0) is 4.79 Å². The lowest BCUT2D eigenvalue weighted by Gasteiger charge is -1.84. The van der Waals surface area contributed by atoms with Crippen LogP contribution < -0.4 is 0 Å². The standard InChI is InChI=1S/C12H16O/c1-2-3-4-5-6-7-8-9-10-11-12-13/h2,4-5,8-12H,1,3,6-7H2. The van der Waals surface area contributed by atoms with Gasteiger partial charge in [-0.25, -0.2) is 0 Å². The SMILES string of the molecule is C=CCC=CCCC=CC=CC=O. The van der Waals surface area contributed by atoms with Crippen molar-refractivity contribution < 1.29 is 4.79 Å². The van der Waals surface area contributed by atoms with E-state index in [1.54, 1.807) is 6.08 Å². The van der Waals surface area contributed by atoms with Crippen molar-refractivity contribution in [1.29, 1.82) is 0 Å². The van der Waals surface area contributed by atoms with Gasteiger partial charge in [-0.2, -0.15) is 0 Å². The van der Waals surface area contributed by atoms with Crippen LogP contribution in [0.3, 0.4) is 0 Å². The Kier molecular flexibility index (Phi) is 9.51. The van der Waals surface area contributed by atoms with Gasteiger partial charge in [0.15, 0.2) is 0 Å². The fraction of sp³-hybridized carbons (Fsp3) is 0.250. The minimum atomic E-state index is 0.772. The fourth-order valence-electron chi connectivity index (χ4n) is 0.787. The molecular formula is C12H16O. The molecular weight excluding hydrogens is 160 g/mol. The van der Waals surface area contributed by atoms with Crippen molar-refractivity contribution in [2.24, 2.45) is 0 Å². The smallest absolute Gasteiger partial charge is 0.142 e. The number of rotatable bonds is 7. The zero-order chi connectivity index (χ0) is 9.78. The summed E-state index contributed by atoms with van der Waals surface area (Å²) in [6.45, 7) is 3.62. The molecule has 1 nitrogen and oxygen atoms in total. The summed E-state index contributed by atoms with van der Waals surface area (Å²) in [5.41, 5.74) is 0. The molecule has 0 saturated carbocycles. The number of aldehydes is 1. The molecule has 0 bridgehead atoms. The number of unbranched alkanes of at least 4 members (excludes halogenated alkanes) is 1. The first-order valence-electron chi connectivity index (χ1n) is 4.44. The number of allylic oxidation sites excluding steroid dienone is 7. The normalized spacial score (nSPS) is 11.7. The van der Waals surface area contributed by atoms with Gasteiger partial charge >= 0.3 is 0 Å². The van der Waals surface area contributed by atoms with Gasteiger partial charge in [-0.05, 0) is 25.3 Å². The monoisotopic (exact) mass is 176 g/mol. The van der Waals surface area contributed by atoms with Crippen LogP contribution in [0, 0.1) is 0 Å². The molecule has 0 aromatic rings. The Morgan fingerprint density at radius 3 is 2.38 bits per heavy atom. The van der Waals surface area contributed by atoms with E-state index >= 15 is 0 Å². The summed E-state index contributed by atoms with van der Waals surface area (Å²) < 4.78 is 0. The third kappa shape index (κ3) is 10.6. The molecule has 1 heteroatoms. The third-order valence-electron chi connectivity index (χ3n) is 1.41. The van der Waals surface area contributed by atoms with Gasteiger partial charge in [0.1, 0.15) is 6.29 Å². The van der Waals surface area contributed by atoms with Crippen molar-refractivity contribution in [3.63, 3.8) is 0 Å². The Bertz CT molecular complexity index is 209. The zero-order valence-electron chi connectivity index (χ0n) is 7.86. The Labute approximate surface area is 80.2 Å². The van der Waals surface area contributed by atoms with E-state index in [0.29, 0.717) is 0 Å². The molecule has 70 valence electrons. The highest BCUT2D eigenvalue weighted by molar-refractivity contribution is 5.65. The van der Waals surface area contributed by atoms with Crippen LogP contribution in [0.25, 0.3) is 0 Å². The number of carbonyl (C=O) groups excluding carboxylic acids is 1. The van der Waals surface area contributed by atoms with Crippen LogP contribution in [0.5, 0.6) is 0 Å². The van der Waals surface area contributed by atoms with E-state index in [1.807, 2.05) is 18.2 Å². The molecule has 0 rings (SSSR count). The van der Waals surface area contributed by atoms with E-state index in [4.69, 9.17) is 0 Å².